The zero-order chi connectivity index (χ0) is 24.5. The van der Waals surface area contributed by atoms with E-state index in [1.807, 2.05) is 103 Å². The van der Waals surface area contributed by atoms with E-state index in [9.17, 15) is 14.7 Å². The van der Waals surface area contributed by atoms with E-state index in [-0.39, 0.29) is 11.4 Å². The number of aromatic carboxylic acids is 1. The molecule has 0 radical (unpaired) electrons. The van der Waals surface area contributed by atoms with Crippen molar-refractivity contribution in [2.45, 2.75) is 20.4 Å². The van der Waals surface area contributed by atoms with Crippen molar-refractivity contribution < 1.29 is 14.7 Å². The van der Waals surface area contributed by atoms with Gasteiger partial charge in [0.15, 0.2) is 5.69 Å². The number of rotatable bonds is 6. The van der Waals surface area contributed by atoms with E-state index in [2.05, 4.69) is 4.98 Å². The van der Waals surface area contributed by atoms with E-state index >= 15 is 0 Å². The number of nitrogens with zero attached hydrogens (tertiary/aromatic N) is 3. The molecule has 0 saturated carbocycles. The van der Waals surface area contributed by atoms with Crippen molar-refractivity contribution in [3.05, 3.63) is 108 Å². The van der Waals surface area contributed by atoms with E-state index in [0.717, 1.165) is 27.7 Å². The van der Waals surface area contributed by atoms with Gasteiger partial charge in [-0.1, -0.05) is 78.9 Å². The average Bonchev–Trinajstić information content (AvgIpc) is 3.19. The Hall–Kier alpha value is -4.58. The van der Waals surface area contributed by atoms with E-state index in [1.54, 1.807) is 0 Å². The Labute approximate surface area is 202 Å². The van der Waals surface area contributed by atoms with Gasteiger partial charge in [0, 0.05) is 34.3 Å². The molecule has 172 valence electrons. The lowest BCUT2D eigenvalue weighted by atomic mass is 10.00. The number of benzene rings is 3. The summed E-state index contributed by atoms with van der Waals surface area (Å²) in [6.07, 6.45) is 0. The van der Waals surface area contributed by atoms with Crippen molar-refractivity contribution in [2.75, 3.05) is 0 Å². The summed E-state index contributed by atoms with van der Waals surface area (Å²) in [5.74, 6) is -1.75. The summed E-state index contributed by atoms with van der Waals surface area (Å²) in [4.78, 5) is 35.5. The molecule has 0 bridgehead atoms. The SMILES string of the molecule is CCn1c(C)c(C(=O)c2nc(-c3ccccc3)c(-c3ccccc3)nc2C(=O)O)c2ccccc21. The van der Waals surface area contributed by atoms with Crippen LogP contribution >= 0.6 is 0 Å². The van der Waals surface area contributed by atoms with Gasteiger partial charge in [-0.2, -0.15) is 0 Å². The first-order valence-corrected chi connectivity index (χ1v) is 11.4. The number of hydrogen-bond acceptors (Lipinski definition) is 4. The molecule has 1 N–H and O–H groups in total. The van der Waals surface area contributed by atoms with Gasteiger partial charge in [0.1, 0.15) is 5.69 Å². The lowest BCUT2D eigenvalue weighted by Crippen LogP contribution is -2.17. The Morgan fingerprint density at radius 3 is 1.83 bits per heavy atom. The Balaban J connectivity index is 1.81. The van der Waals surface area contributed by atoms with Crippen LogP contribution in [0.2, 0.25) is 0 Å². The fourth-order valence-electron chi connectivity index (χ4n) is 4.58. The molecule has 0 unspecified atom stereocenters. The highest BCUT2D eigenvalue weighted by Gasteiger charge is 2.29. The van der Waals surface area contributed by atoms with Crippen molar-refractivity contribution in [1.29, 1.82) is 0 Å². The maximum atomic E-state index is 14.0. The van der Waals surface area contributed by atoms with E-state index in [1.165, 1.54) is 0 Å². The molecule has 2 heterocycles. The van der Waals surface area contributed by atoms with E-state index in [0.29, 0.717) is 23.5 Å². The highest BCUT2D eigenvalue weighted by atomic mass is 16.4. The van der Waals surface area contributed by atoms with Crippen LogP contribution in [0.4, 0.5) is 0 Å². The molecule has 0 amide bonds. The smallest absolute Gasteiger partial charge is 0.356 e. The predicted octanol–water partition coefficient (Wildman–Crippen LogP) is 6.02. The van der Waals surface area contributed by atoms with Crippen LogP contribution in [0.1, 0.15) is 39.2 Å². The highest BCUT2D eigenvalue weighted by Crippen LogP contribution is 2.33. The van der Waals surface area contributed by atoms with Gasteiger partial charge < -0.3 is 9.67 Å². The number of carboxylic acids is 1. The number of carbonyl (C=O) groups is 2. The van der Waals surface area contributed by atoms with Gasteiger partial charge in [-0.15, -0.1) is 0 Å². The third-order valence-electron chi connectivity index (χ3n) is 6.18. The zero-order valence-electron chi connectivity index (χ0n) is 19.4. The molecule has 0 saturated heterocycles. The van der Waals surface area contributed by atoms with Crippen LogP contribution in [0.5, 0.6) is 0 Å². The molecule has 6 nitrogen and oxygen atoms in total. The Kier molecular flexibility index (Phi) is 5.71. The Bertz CT molecular complexity index is 1570. The second-order valence-electron chi connectivity index (χ2n) is 8.21. The van der Waals surface area contributed by atoms with Gasteiger partial charge in [0.05, 0.1) is 17.0 Å². The molecule has 0 aliphatic rings. The summed E-state index contributed by atoms with van der Waals surface area (Å²) >= 11 is 0. The summed E-state index contributed by atoms with van der Waals surface area (Å²) < 4.78 is 2.05. The first-order chi connectivity index (χ1) is 17.0. The van der Waals surface area contributed by atoms with Crippen molar-refractivity contribution in [2.24, 2.45) is 0 Å². The molecule has 0 atom stereocenters. The molecule has 0 aliphatic heterocycles. The van der Waals surface area contributed by atoms with Crippen LogP contribution in [0.3, 0.4) is 0 Å². The van der Waals surface area contributed by atoms with Crippen LogP contribution < -0.4 is 0 Å². The monoisotopic (exact) mass is 461 g/mol. The van der Waals surface area contributed by atoms with Crippen molar-refractivity contribution in [1.82, 2.24) is 14.5 Å². The minimum atomic E-state index is -1.30. The highest BCUT2D eigenvalue weighted by molar-refractivity contribution is 6.19. The third kappa shape index (κ3) is 3.79. The van der Waals surface area contributed by atoms with Gasteiger partial charge in [0.25, 0.3) is 0 Å². The van der Waals surface area contributed by atoms with Crippen molar-refractivity contribution in [3.8, 4) is 22.5 Å². The van der Waals surface area contributed by atoms with Gasteiger partial charge >= 0.3 is 5.97 Å². The van der Waals surface area contributed by atoms with E-state index in [4.69, 9.17) is 4.98 Å². The minimum Gasteiger partial charge on any atom is -0.476 e. The maximum absolute atomic E-state index is 14.0. The topological polar surface area (TPSA) is 85.1 Å². The summed E-state index contributed by atoms with van der Waals surface area (Å²) in [6, 6.07) is 26.3. The minimum absolute atomic E-state index is 0.168. The lowest BCUT2D eigenvalue weighted by molar-refractivity contribution is 0.0685. The first kappa shape index (κ1) is 22.2. The second-order valence-corrected chi connectivity index (χ2v) is 8.21. The zero-order valence-corrected chi connectivity index (χ0v) is 19.4. The number of hydrogen-bond donors (Lipinski definition) is 1. The second kappa shape index (κ2) is 8.99. The molecule has 5 aromatic rings. The number of aryl methyl sites for hydroxylation is 1. The average molecular weight is 462 g/mol. The van der Waals surface area contributed by atoms with Crippen LogP contribution in [0.15, 0.2) is 84.9 Å². The molecule has 3 aromatic carbocycles. The molecular formula is C29H23N3O3. The Morgan fingerprint density at radius 2 is 1.29 bits per heavy atom. The van der Waals surface area contributed by atoms with Crippen LogP contribution in [0.25, 0.3) is 33.4 Å². The lowest BCUT2D eigenvalue weighted by Gasteiger charge is -2.13. The number of para-hydroxylation sites is 1. The van der Waals surface area contributed by atoms with Crippen LogP contribution in [-0.2, 0) is 6.54 Å². The summed E-state index contributed by atoms with van der Waals surface area (Å²) in [5.41, 5.74) is 3.96. The van der Waals surface area contributed by atoms with Gasteiger partial charge in [0.2, 0.25) is 5.78 Å². The van der Waals surface area contributed by atoms with Crippen LogP contribution in [-0.4, -0.2) is 31.4 Å². The molecule has 35 heavy (non-hydrogen) atoms. The number of carbonyl (C=O) groups excluding carboxylic acids is 1. The molecular weight excluding hydrogens is 438 g/mol. The summed E-state index contributed by atoms with van der Waals surface area (Å²) in [6.45, 7) is 4.57. The van der Waals surface area contributed by atoms with Crippen molar-refractivity contribution >= 4 is 22.7 Å². The molecule has 0 spiro atoms. The summed E-state index contributed by atoms with van der Waals surface area (Å²) in [7, 11) is 0. The normalized spacial score (nSPS) is 11.0. The molecule has 6 heteroatoms. The Morgan fingerprint density at radius 1 is 0.771 bits per heavy atom. The molecule has 0 fully saturated rings. The quantitative estimate of drug-likeness (QED) is 0.312. The number of fused-ring (bicyclic) bond motifs is 1. The van der Waals surface area contributed by atoms with Crippen molar-refractivity contribution in [3.63, 3.8) is 0 Å². The van der Waals surface area contributed by atoms with Gasteiger partial charge in [-0.25, -0.2) is 14.8 Å². The number of carboxylic acid groups (broad SMARTS) is 1. The fourth-order valence-corrected chi connectivity index (χ4v) is 4.58. The first-order valence-electron chi connectivity index (χ1n) is 11.4. The largest absolute Gasteiger partial charge is 0.476 e. The number of ketones is 1. The van der Waals surface area contributed by atoms with Gasteiger partial charge in [-0.3, -0.25) is 4.79 Å². The predicted molar refractivity (Wildman–Crippen MR) is 136 cm³/mol. The maximum Gasteiger partial charge on any atom is 0.356 e. The van der Waals surface area contributed by atoms with Gasteiger partial charge in [-0.05, 0) is 19.9 Å². The third-order valence-corrected chi connectivity index (χ3v) is 6.18. The summed E-state index contributed by atoms with van der Waals surface area (Å²) in [5, 5.41) is 10.8. The standard InChI is InChI=1S/C29H23N3O3/c1-3-32-18(2)23(21-16-10-11-17-22(21)32)28(33)26-27(29(34)35)31-25(20-14-8-5-9-15-20)24(30-26)19-12-6-4-7-13-19/h4-17H,3H2,1-2H3,(H,34,35). The van der Waals surface area contributed by atoms with Crippen LogP contribution in [0, 0.1) is 6.92 Å². The molecule has 0 aliphatic carbocycles. The molecule has 2 aromatic heterocycles. The number of aromatic nitrogens is 3. The van der Waals surface area contributed by atoms with E-state index < -0.39 is 11.8 Å². The fraction of sp³-hybridized carbons (Fsp3) is 0.103. The molecule has 5 rings (SSSR count).